The van der Waals surface area contributed by atoms with Crippen molar-refractivity contribution in [3.05, 3.63) is 65.4 Å². The van der Waals surface area contributed by atoms with Crippen LogP contribution in [0.25, 0.3) is 16.5 Å². The van der Waals surface area contributed by atoms with Gasteiger partial charge in [0.1, 0.15) is 0 Å². The molecule has 0 spiro atoms. The highest BCUT2D eigenvalue weighted by atomic mass is 14.7. The van der Waals surface area contributed by atoms with Crippen molar-refractivity contribution in [3.63, 3.8) is 0 Å². The Morgan fingerprint density at radius 2 is 2.00 bits per heavy atom. The van der Waals surface area contributed by atoms with E-state index in [2.05, 4.69) is 62.2 Å². The topological polar surface area (TPSA) is 15.8 Å². The quantitative estimate of drug-likeness (QED) is 0.649. The summed E-state index contributed by atoms with van der Waals surface area (Å²) in [6, 6.07) is 6.66. The maximum Gasteiger partial charge on any atom is 0.0461 e. The van der Waals surface area contributed by atoms with Crippen LogP contribution in [0.3, 0.4) is 0 Å². The van der Waals surface area contributed by atoms with Crippen molar-refractivity contribution >= 4 is 16.5 Å². The molecular formula is C20H25N. The van der Waals surface area contributed by atoms with Gasteiger partial charge in [-0.2, -0.15) is 0 Å². The molecular weight excluding hydrogens is 254 g/mol. The van der Waals surface area contributed by atoms with Crippen LogP contribution >= 0.6 is 0 Å². The van der Waals surface area contributed by atoms with Gasteiger partial charge in [-0.1, -0.05) is 55.4 Å². The Hall–Kier alpha value is -2.02. The van der Waals surface area contributed by atoms with E-state index in [4.69, 9.17) is 0 Å². The fourth-order valence-electron chi connectivity index (χ4n) is 2.67. The molecule has 0 unspecified atom stereocenters. The van der Waals surface area contributed by atoms with E-state index in [9.17, 15) is 0 Å². The number of hydrogen-bond acceptors (Lipinski definition) is 0. The fraction of sp³-hybridized carbons (Fsp3) is 0.300. The number of aryl methyl sites for hydroxylation is 2. The minimum Gasteiger partial charge on any atom is -0.355 e. The van der Waals surface area contributed by atoms with E-state index >= 15 is 0 Å². The van der Waals surface area contributed by atoms with Crippen LogP contribution in [0.4, 0.5) is 0 Å². The van der Waals surface area contributed by atoms with Crippen LogP contribution in [0.1, 0.15) is 44.0 Å². The zero-order valence-electron chi connectivity index (χ0n) is 13.5. The molecule has 0 bridgehead atoms. The molecule has 1 N–H and O–H groups in total. The molecule has 0 aliphatic heterocycles. The Labute approximate surface area is 128 Å². The van der Waals surface area contributed by atoms with Crippen LogP contribution in [0.15, 0.2) is 48.6 Å². The molecule has 0 aliphatic carbocycles. The largest absolute Gasteiger partial charge is 0.355 e. The van der Waals surface area contributed by atoms with Crippen molar-refractivity contribution < 1.29 is 0 Å². The van der Waals surface area contributed by atoms with Crippen LogP contribution in [-0.2, 0) is 6.42 Å². The Morgan fingerprint density at radius 1 is 1.19 bits per heavy atom. The molecule has 0 saturated carbocycles. The maximum absolute atomic E-state index is 3.60. The summed E-state index contributed by atoms with van der Waals surface area (Å²) in [5.74, 6) is 0. The van der Waals surface area contributed by atoms with Crippen molar-refractivity contribution in [2.45, 2.75) is 40.5 Å². The molecule has 1 aromatic carbocycles. The van der Waals surface area contributed by atoms with Gasteiger partial charge in [-0.3, -0.25) is 0 Å². The predicted octanol–water partition coefficient (Wildman–Crippen LogP) is 5.96. The summed E-state index contributed by atoms with van der Waals surface area (Å²) in [5.41, 5.74) is 6.57. The normalized spacial score (nSPS) is 13.0. The number of fused-ring (bicyclic) bond motifs is 1. The van der Waals surface area contributed by atoms with Gasteiger partial charge < -0.3 is 4.98 Å². The third-order valence-corrected chi connectivity index (χ3v) is 3.72. The molecule has 2 rings (SSSR count). The third-order valence-electron chi connectivity index (χ3n) is 3.72. The van der Waals surface area contributed by atoms with E-state index in [1.165, 1.54) is 33.3 Å². The van der Waals surface area contributed by atoms with Gasteiger partial charge in [0.2, 0.25) is 0 Å². The van der Waals surface area contributed by atoms with E-state index in [0.717, 1.165) is 12.8 Å². The Bertz CT molecular complexity index is 696. The summed E-state index contributed by atoms with van der Waals surface area (Å²) in [4.78, 5) is 3.60. The van der Waals surface area contributed by atoms with Gasteiger partial charge in [-0.25, -0.2) is 0 Å². The maximum atomic E-state index is 3.60. The Balaban J connectivity index is 2.49. The van der Waals surface area contributed by atoms with Crippen LogP contribution < -0.4 is 0 Å². The summed E-state index contributed by atoms with van der Waals surface area (Å²) in [5, 5.41) is 1.37. The lowest BCUT2D eigenvalue weighted by atomic mass is 10.0. The number of hydrogen-bond donors (Lipinski definition) is 1. The first-order valence-electron chi connectivity index (χ1n) is 7.75. The Morgan fingerprint density at radius 3 is 2.71 bits per heavy atom. The average molecular weight is 279 g/mol. The van der Waals surface area contributed by atoms with Crippen molar-refractivity contribution in [2.24, 2.45) is 0 Å². The molecule has 0 amide bonds. The first-order chi connectivity index (χ1) is 10.2. The van der Waals surface area contributed by atoms with E-state index in [1.54, 1.807) is 0 Å². The molecule has 0 aliphatic rings. The molecule has 2 aromatic rings. The van der Waals surface area contributed by atoms with Crippen LogP contribution in [-0.4, -0.2) is 4.98 Å². The molecule has 0 atom stereocenters. The molecule has 0 radical (unpaired) electrons. The van der Waals surface area contributed by atoms with Crippen LogP contribution in [0.2, 0.25) is 0 Å². The average Bonchev–Trinajstić information content (AvgIpc) is 2.82. The van der Waals surface area contributed by atoms with Gasteiger partial charge in [-0.05, 0) is 50.5 Å². The van der Waals surface area contributed by atoms with E-state index < -0.39 is 0 Å². The molecule has 110 valence electrons. The second-order valence-corrected chi connectivity index (χ2v) is 5.54. The standard InChI is InChI=1S/C20H25N/c1-5-7-8-9-11-16(4)20-17(10-6-2)18-14-15(3)12-13-19(18)21-20/h5,7-9,11-14,21H,6,10H2,1-4H3/b7-5-,9-8-,16-11+. The minimum absolute atomic E-state index is 1.11. The van der Waals surface area contributed by atoms with Crippen molar-refractivity contribution in [2.75, 3.05) is 0 Å². The summed E-state index contributed by atoms with van der Waals surface area (Å²) in [7, 11) is 0. The number of benzene rings is 1. The number of allylic oxidation sites excluding steroid dienone is 6. The highest BCUT2D eigenvalue weighted by Crippen LogP contribution is 2.29. The molecule has 1 nitrogen and oxygen atoms in total. The SMILES string of the molecule is C\C=C/C=C\C=C(/C)c1[nH]c2ccc(C)cc2c1CCC. The summed E-state index contributed by atoms with van der Waals surface area (Å²) in [6.07, 6.45) is 12.7. The molecule has 21 heavy (non-hydrogen) atoms. The second kappa shape index (κ2) is 7.12. The van der Waals surface area contributed by atoms with Crippen molar-refractivity contribution in [3.8, 4) is 0 Å². The fourth-order valence-corrected chi connectivity index (χ4v) is 2.67. The third kappa shape index (κ3) is 3.55. The van der Waals surface area contributed by atoms with E-state index in [0.29, 0.717) is 0 Å². The molecule has 0 fully saturated rings. The Kier molecular flexibility index (Phi) is 5.21. The number of nitrogens with one attached hydrogen (secondary N) is 1. The van der Waals surface area contributed by atoms with Gasteiger partial charge in [0.05, 0.1) is 0 Å². The van der Waals surface area contributed by atoms with Crippen molar-refractivity contribution in [1.29, 1.82) is 0 Å². The van der Waals surface area contributed by atoms with Gasteiger partial charge in [-0.15, -0.1) is 0 Å². The van der Waals surface area contributed by atoms with Gasteiger partial charge in [0.25, 0.3) is 0 Å². The molecule has 1 aromatic heterocycles. The van der Waals surface area contributed by atoms with E-state index in [-0.39, 0.29) is 0 Å². The first kappa shape index (κ1) is 15.4. The van der Waals surface area contributed by atoms with Crippen molar-refractivity contribution in [1.82, 2.24) is 4.98 Å². The number of rotatable bonds is 5. The monoisotopic (exact) mass is 279 g/mol. The lowest BCUT2D eigenvalue weighted by molar-refractivity contribution is 0.924. The first-order valence-corrected chi connectivity index (χ1v) is 7.75. The highest BCUT2D eigenvalue weighted by molar-refractivity contribution is 5.89. The zero-order valence-corrected chi connectivity index (χ0v) is 13.5. The zero-order chi connectivity index (χ0) is 15.2. The van der Waals surface area contributed by atoms with Crippen LogP contribution in [0, 0.1) is 6.92 Å². The lowest BCUT2D eigenvalue weighted by Crippen LogP contribution is -1.89. The van der Waals surface area contributed by atoms with Gasteiger partial charge in [0, 0.05) is 16.6 Å². The summed E-state index contributed by atoms with van der Waals surface area (Å²) in [6.45, 7) is 8.60. The predicted molar refractivity (Wildman–Crippen MR) is 94.6 cm³/mol. The molecule has 1 heteroatoms. The van der Waals surface area contributed by atoms with Gasteiger partial charge >= 0.3 is 0 Å². The lowest BCUT2D eigenvalue weighted by Gasteiger charge is -2.03. The number of H-pyrrole nitrogens is 1. The van der Waals surface area contributed by atoms with Gasteiger partial charge in [0.15, 0.2) is 0 Å². The number of aromatic amines is 1. The minimum atomic E-state index is 1.11. The van der Waals surface area contributed by atoms with Crippen LogP contribution in [0.5, 0.6) is 0 Å². The number of aromatic nitrogens is 1. The highest BCUT2D eigenvalue weighted by Gasteiger charge is 2.11. The molecule has 1 heterocycles. The second-order valence-electron chi connectivity index (χ2n) is 5.54. The van der Waals surface area contributed by atoms with E-state index in [1.807, 2.05) is 19.1 Å². The molecule has 0 saturated heterocycles. The smallest absolute Gasteiger partial charge is 0.0461 e. The summed E-state index contributed by atoms with van der Waals surface area (Å²) < 4.78 is 0. The summed E-state index contributed by atoms with van der Waals surface area (Å²) >= 11 is 0.